The fraction of sp³-hybridized carbons (Fsp3) is 0.875. The van der Waals surface area contributed by atoms with Crippen molar-refractivity contribution in [1.29, 1.82) is 0 Å². The van der Waals surface area contributed by atoms with Gasteiger partial charge in [-0.25, -0.2) is 0 Å². The van der Waals surface area contributed by atoms with Crippen molar-refractivity contribution in [3.8, 4) is 0 Å². The second kappa shape index (κ2) is 14.6. The second-order valence-electron chi connectivity index (χ2n) is 6.85. The molecule has 0 aromatic heterocycles. The molecule has 0 spiro atoms. The molecule has 0 radical (unpaired) electrons. The average Bonchev–Trinajstić information content (AvgIpc) is 2.78. The van der Waals surface area contributed by atoms with Crippen LogP contribution in [0, 0.1) is 0 Å². The van der Waals surface area contributed by atoms with E-state index in [1.807, 2.05) is 0 Å². The lowest BCUT2D eigenvalue weighted by molar-refractivity contribution is -0.175. The van der Waals surface area contributed by atoms with E-state index < -0.39 is 99.3 Å². The molecular weight excluding hydrogens is 444 g/mol. The molecule has 16 nitrogen and oxygen atoms in total. The minimum absolute atomic E-state index is 0.672. The van der Waals surface area contributed by atoms with Crippen molar-refractivity contribution in [3.05, 3.63) is 0 Å². The normalized spacial score (nSPS) is 21.2. The highest BCUT2D eigenvalue weighted by Crippen LogP contribution is 2.11. The monoisotopic (exact) mass is 476 g/mol. The summed E-state index contributed by atoms with van der Waals surface area (Å²) >= 11 is 0. The van der Waals surface area contributed by atoms with E-state index in [1.54, 1.807) is 0 Å². The van der Waals surface area contributed by atoms with Gasteiger partial charge in [-0.05, 0) is 0 Å². The first-order valence-electron chi connectivity index (χ1n) is 9.34. The molecule has 0 aliphatic rings. The van der Waals surface area contributed by atoms with Crippen molar-refractivity contribution in [2.24, 2.45) is 11.5 Å². The third kappa shape index (κ3) is 9.53. The molecule has 0 rings (SSSR count). The van der Waals surface area contributed by atoms with E-state index in [-0.39, 0.29) is 0 Å². The third-order valence-electron chi connectivity index (χ3n) is 4.30. The largest absolute Gasteiger partial charge is 0.444 e. The number of hydrogen-bond donors (Lipinski definition) is 12. The van der Waals surface area contributed by atoms with E-state index in [0.717, 1.165) is 0 Å². The minimum Gasteiger partial charge on any atom is -0.444 e. The third-order valence-corrected chi connectivity index (χ3v) is 4.30. The van der Waals surface area contributed by atoms with Gasteiger partial charge in [-0.1, -0.05) is 0 Å². The Bertz CT molecular complexity index is 521. The highest BCUT2D eigenvalue weighted by molar-refractivity contribution is 5.77. The first kappa shape index (κ1) is 30.5. The molecule has 14 N–H and O–H groups in total. The van der Waals surface area contributed by atoms with E-state index in [1.165, 1.54) is 0 Å². The first-order valence-corrected chi connectivity index (χ1v) is 9.34. The van der Waals surface area contributed by atoms with Gasteiger partial charge < -0.3 is 60.5 Å². The van der Waals surface area contributed by atoms with Gasteiger partial charge in [0, 0.05) is 0 Å². The predicted octanol–water partition coefficient (Wildman–Crippen LogP) is -7.71. The Morgan fingerprint density at radius 1 is 0.562 bits per heavy atom. The van der Waals surface area contributed by atoms with Gasteiger partial charge in [0.25, 0.3) is 0 Å². The van der Waals surface area contributed by atoms with Crippen LogP contribution in [0.1, 0.15) is 12.8 Å². The Morgan fingerprint density at radius 3 is 1.09 bits per heavy atom. The lowest BCUT2D eigenvalue weighted by Gasteiger charge is -2.29. The van der Waals surface area contributed by atoms with Crippen LogP contribution in [0.4, 0.5) is 0 Å². The predicted molar refractivity (Wildman–Crippen MR) is 99.6 cm³/mol. The van der Waals surface area contributed by atoms with Gasteiger partial charge >= 0.3 is 11.9 Å². The Hall–Kier alpha value is -1.54. The summed E-state index contributed by atoms with van der Waals surface area (Å²) < 4.78 is 9.14. The summed E-state index contributed by atoms with van der Waals surface area (Å²) in [6.07, 6.45) is -21.0. The summed E-state index contributed by atoms with van der Waals surface area (Å²) in [5, 5.41) is 93.6. The Kier molecular flexibility index (Phi) is 13.9. The molecule has 10 atom stereocenters. The highest BCUT2D eigenvalue weighted by atomic mass is 16.6. The van der Waals surface area contributed by atoms with Gasteiger partial charge in [-0.2, -0.15) is 0 Å². The molecule has 2 unspecified atom stereocenters. The van der Waals surface area contributed by atoms with Crippen LogP contribution in [0.2, 0.25) is 0 Å². The zero-order chi connectivity index (χ0) is 25.2. The van der Waals surface area contributed by atoms with Crippen molar-refractivity contribution < 1.29 is 70.1 Å². The molecule has 0 bridgehead atoms. The first-order chi connectivity index (χ1) is 14.8. The Balaban J connectivity index is 4.55. The summed E-state index contributed by atoms with van der Waals surface area (Å²) in [6.45, 7) is -1.87. The van der Waals surface area contributed by atoms with Crippen molar-refractivity contribution in [1.82, 2.24) is 0 Å². The van der Waals surface area contributed by atoms with Gasteiger partial charge in [0.05, 0.1) is 26.1 Å². The second-order valence-corrected chi connectivity index (χ2v) is 6.85. The number of rotatable bonds is 15. The van der Waals surface area contributed by atoms with Gasteiger partial charge in [0.15, 0.2) is 12.5 Å². The zero-order valence-electron chi connectivity index (χ0n) is 16.9. The van der Waals surface area contributed by atoms with Gasteiger partial charge in [0.2, 0.25) is 0 Å². The van der Waals surface area contributed by atoms with Crippen LogP contribution in [-0.4, -0.2) is 138 Å². The van der Waals surface area contributed by atoms with Gasteiger partial charge in [0.1, 0.15) is 48.8 Å². The van der Waals surface area contributed by atoms with Crippen LogP contribution in [0.5, 0.6) is 0 Å². The summed E-state index contributed by atoms with van der Waals surface area (Å²) in [5.41, 5.74) is 10.7. The maximum Gasteiger partial charge on any atom is 0.308 e. The summed E-state index contributed by atoms with van der Waals surface area (Å²) in [5.74, 6) is -2.32. The molecule has 0 aromatic carbocycles. The molecule has 0 heterocycles. The molecule has 0 aliphatic heterocycles. The van der Waals surface area contributed by atoms with E-state index in [2.05, 4.69) is 9.47 Å². The number of aliphatic hydroxyl groups is 10. The molecule has 0 saturated carbocycles. The Morgan fingerprint density at radius 2 is 0.844 bits per heavy atom. The summed E-state index contributed by atoms with van der Waals surface area (Å²) in [4.78, 5) is 23.4. The van der Waals surface area contributed by atoms with Gasteiger partial charge in [-0.3, -0.25) is 21.1 Å². The maximum atomic E-state index is 11.7. The van der Waals surface area contributed by atoms with Crippen molar-refractivity contribution in [2.75, 3.05) is 13.2 Å². The number of nitrogens with two attached hydrogens (primary N) is 2. The number of ether oxygens (including phenoxy) is 2. The number of carbonyl (C=O) groups is 2. The van der Waals surface area contributed by atoms with E-state index in [4.69, 9.17) is 21.7 Å². The standard InChI is InChI=1S/C16H32N2O14/c17-15(13(29)11(27)9(25)5(21)3-19)31-7(23)1-2-8(24)32-16(18)14(30)12(28)10(26)6(22)4-20/h5-6,9-16,19-22,25-30H,1-4,17-18H2/t5-,6-,9-,10-,11+,12+,13-,14-,15?,16?/m1/s1. The molecule has 0 saturated heterocycles. The SMILES string of the molecule is NC(OC(=O)CCC(=O)OC(N)[C@H](O)[C@@H](O)[C@H](O)[C@H](O)CO)[C@H](O)[C@@H](O)[C@H](O)[C@H](O)CO. The van der Waals surface area contributed by atoms with E-state index in [0.29, 0.717) is 0 Å². The lowest BCUT2D eigenvalue weighted by Crippen LogP contribution is -2.53. The smallest absolute Gasteiger partial charge is 0.308 e. The van der Waals surface area contributed by atoms with Crippen LogP contribution < -0.4 is 11.5 Å². The molecular formula is C16H32N2O14. The molecule has 0 fully saturated rings. The molecule has 0 aromatic rings. The van der Waals surface area contributed by atoms with Crippen molar-refractivity contribution >= 4 is 11.9 Å². The van der Waals surface area contributed by atoms with E-state index in [9.17, 15) is 50.4 Å². The zero-order valence-corrected chi connectivity index (χ0v) is 16.9. The average molecular weight is 476 g/mol. The topological polar surface area (TPSA) is 307 Å². The minimum atomic E-state index is -2.09. The molecule has 0 aliphatic carbocycles. The lowest BCUT2D eigenvalue weighted by atomic mass is 10.0. The van der Waals surface area contributed by atoms with Crippen LogP contribution in [-0.2, 0) is 19.1 Å². The summed E-state index contributed by atoms with van der Waals surface area (Å²) in [6, 6.07) is 0. The van der Waals surface area contributed by atoms with Gasteiger partial charge in [-0.15, -0.1) is 0 Å². The van der Waals surface area contributed by atoms with Crippen LogP contribution in [0.15, 0.2) is 0 Å². The fourth-order valence-corrected chi connectivity index (χ4v) is 2.23. The fourth-order valence-electron chi connectivity index (χ4n) is 2.23. The number of aliphatic hydroxyl groups excluding tert-OH is 10. The molecule has 0 amide bonds. The maximum absolute atomic E-state index is 11.7. The van der Waals surface area contributed by atoms with E-state index >= 15 is 0 Å². The molecule has 190 valence electrons. The Labute approximate surface area is 181 Å². The quantitative estimate of drug-likeness (QED) is 0.0771. The number of hydrogen-bond acceptors (Lipinski definition) is 16. The summed E-state index contributed by atoms with van der Waals surface area (Å²) in [7, 11) is 0. The van der Waals surface area contributed by atoms with Crippen LogP contribution in [0.25, 0.3) is 0 Å². The number of carbonyl (C=O) groups excluding carboxylic acids is 2. The molecule has 32 heavy (non-hydrogen) atoms. The molecule has 16 heteroatoms. The van der Waals surface area contributed by atoms with Crippen molar-refractivity contribution in [3.63, 3.8) is 0 Å². The van der Waals surface area contributed by atoms with Crippen LogP contribution in [0.3, 0.4) is 0 Å². The highest BCUT2D eigenvalue weighted by Gasteiger charge is 2.36. The number of esters is 2. The van der Waals surface area contributed by atoms with Crippen molar-refractivity contribution in [2.45, 2.75) is 74.1 Å². The van der Waals surface area contributed by atoms with Crippen LogP contribution >= 0.6 is 0 Å².